The van der Waals surface area contributed by atoms with E-state index in [1.807, 2.05) is 0 Å². The molecule has 0 aromatic heterocycles. The maximum Gasteiger partial charge on any atom is 3.00 e. The Bertz CT molecular complexity index is 370. The Morgan fingerprint density at radius 3 is 0.696 bits per heavy atom. The van der Waals surface area contributed by atoms with Gasteiger partial charge in [0.25, 0.3) is 0 Å². The van der Waals surface area contributed by atoms with Crippen molar-refractivity contribution in [3.05, 3.63) is 35.5 Å². The van der Waals surface area contributed by atoms with Gasteiger partial charge >= 0.3 is 35.6 Å². The van der Waals surface area contributed by atoms with Crippen LogP contribution in [0.1, 0.15) is 41.5 Å². The molecule has 0 radical (unpaired) electrons. The van der Waals surface area contributed by atoms with Crippen LogP contribution in [0.15, 0.2) is 35.5 Å². The molecule has 0 rings (SSSR count). The summed E-state index contributed by atoms with van der Waals surface area (Å²) in [6.45, 7) is 8.09. The average Bonchev–Trinajstić information content (AvgIpc) is 2.10. The van der Waals surface area contributed by atoms with E-state index in [1.54, 1.807) is 0 Å². The van der Waals surface area contributed by atoms with E-state index in [1.165, 1.54) is 41.5 Å². The minimum absolute atomic E-state index is 0. The molecule has 0 aliphatic rings. The van der Waals surface area contributed by atoms with E-state index in [2.05, 4.69) is 0 Å². The van der Waals surface area contributed by atoms with E-state index >= 15 is 0 Å². The topological polar surface area (TPSA) is 152 Å². The molecule has 7 nitrogen and oxygen atoms in total. The summed E-state index contributed by atoms with van der Waals surface area (Å²) in [5.41, 5.74) is 0. The number of allylic oxidation sites excluding steroid dienone is 6. The van der Waals surface area contributed by atoms with Crippen molar-refractivity contribution in [1.29, 1.82) is 0 Å². The van der Waals surface area contributed by atoms with Gasteiger partial charge in [-0.15, -0.1) is 17.3 Å². The van der Waals surface area contributed by atoms with Gasteiger partial charge in [0.2, 0.25) is 0 Å². The number of hydrogen-bond donors (Lipinski definition) is 0. The molecule has 0 spiro atoms. The smallest absolute Gasteiger partial charge is 0.876 e. The molecule has 2 N–H and O–H groups in total. The molecule has 0 aliphatic heterocycles. The van der Waals surface area contributed by atoms with E-state index < -0.39 is 0 Å². The van der Waals surface area contributed by atoms with Gasteiger partial charge in [-0.3, -0.25) is 14.4 Å². The van der Waals surface area contributed by atoms with Crippen LogP contribution >= 0.6 is 0 Å². The molecule has 0 atom stereocenters. The SMILES string of the molecule is CC(=O)C=C(C)[O-].CC(=O)C=C(C)[O-].CC(=O)C=C(C)[O-].O.[La+3]. The predicted molar refractivity (Wildman–Crippen MR) is 76.9 cm³/mol. The van der Waals surface area contributed by atoms with Crippen molar-refractivity contribution in [2.75, 3.05) is 0 Å². The van der Waals surface area contributed by atoms with E-state index in [9.17, 15) is 29.7 Å². The maximum atomic E-state index is 9.98. The number of hydrogen-bond acceptors (Lipinski definition) is 6. The van der Waals surface area contributed by atoms with Crippen LogP contribution in [0.5, 0.6) is 0 Å². The van der Waals surface area contributed by atoms with Crippen molar-refractivity contribution in [2.24, 2.45) is 0 Å². The summed E-state index contributed by atoms with van der Waals surface area (Å²) in [4.78, 5) is 29.9. The quantitative estimate of drug-likeness (QED) is 0.382. The minimum atomic E-state index is -0.187. The minimum Gasteiger partial charge on any atom is -0.876 e. The Hall–Kier alpha value is -1.22. The molecule has 0 saturated heterocycles. The third-order valence-corrected chi connectivity index (χ3v) is 1.22. The summed E-state index contributed by atoms with van der Waals surface area (Å²) < 4.78 is 0. The third kappa shape index (κ3) is 63.1. The van der Waals surface area contributed by atoms with Crippen LogP contribution in [0.2, 0.25) is 0 Å². The van der Waals surface area contributed by atoms with Gasteiger partial charge in [0.05, 0.1) is 0 Å². The number of rotatable bonds is 3. The Morgan fingerprint density at radius 2 is 0.696 bits per heavy atom. The van der Waals surface area contributed by atoms with Crippen LogP contribution < -0.4 is 15.3 Å². The molecule has 0 amide bonds. The Morgan fingerprint density at radius 1 is 0.565 bits per heavy atom. The van der Waals surface area contributed by atoms with Gasteiger partial charge in [-0.05, 0) is 39.0 Å². The molecule has 0 unspecified atom stereocenters. The maximum absolute atomic E-state index is 9.98. The molecule has 0 aromatic rings. The second-order valence-corrected chi connectivity index (χ2v) is 4.10. The van der Waals surface area contributed by atoms with Crippen molar-refractivity contribution in [1.82, 2.24) is 0 Å². The Balaban J connectivity index is -0.0000000675. The van der Waals surface area contributed by atoms with Crippen LogP contribution in [0, 0.1) is 35.6 Å². The first-order chi connectivity index (χ1) is 9.38. The molecule has 0 bridgehead atoms. The molecule has 0 saturated carbocycles. The fraction of sp³-hybridized carbons (Fsp3) is 0.400. The second-order valence-electron chi connectivity index (χ2n) is 4.10. The summed E-state index contributed by atoms with van der Waals surface area (Å²) in [5.74, 6) is -1.12. The van der Waals surface area contributed by atoms with Crippen molar-refractivity contribution in [2.45, 2.75) is 41.5 Å². The first kappa shape index (κ1) is 33.4. The van der Waals surface area contributed by atoms with Crippen LogP contribution in [0.25, 0.3) is 0 Å². The Labute approximate surface area is 164 Å². The number of carbonyl (C=O) groups excluding carboxylic acids is 3. The summed E-state index contributed by atoms with van der Waals surface area (Å²) in [7, 11) is 0. The Kier molecular flexibility index (Phi) is 30.2. The molecule has 0 aliphatic carbocycles. The summed E-state index contributed by atoms with van der Waals surface area (Å²) >= 11 is 0. The zero-order chi connectivity index (χ0) is 17.6. The standard InChI is InChI=1S/3C5H8O2.La.H2O/c3*1-4(6)3-5(2)7;;/h3*3,6H,1-2H3;;1H2/q;;;+3;/p-3. The first-order valence-corrected chi connectivity index (χ1v) is 5.96. The van der Waals surface area contributed by atoms with Crippen LogP contribution in [-0.2, 0) is 14.4 Å². The van der Waals surface area contributed by atoms with Crippen LogP contribution in [0.4, 0.5) is 0 Å². The van der Waals surface area contributed by atoms with Crippen molar-refractivity contribution in [3.8, 4) is 0 Å². The molecule has 0 heterocycles. The van der Waals surface area contributed by atoms with E-state index in [-0.39, 0.29) is 75.7 Å². The third-order valence-electron chi connectivity index (χ3n) is 1.22. The van der Waals surface area contributed by atoms with Gasteiger partial charge in [0, 0.05) is 0 Å². The molecule has 0 fully saturated rings. The molecular weight excluding hydrogens is 431 g/mol. The van der Waals surface area contributed by atoms with Crippen LogP contribution in [0.3, 0.4) is 0 Å². The fourth-order valence-electron chi connectivity index (χ4n) is 0.859. The zero-order valence-corrected chi connectivity index (χ0v) is 17.9. The number of carbonyl (C=O) groups is 3. The molecule has 8 heteroatoms. The van der Waals surface area contributed by atoms with E-state index in [4.69, 9.17) is 0 Å². The summed E-state index contributed by atoms with van der Waals surface area (Å²) in [6, 6.07) is 0. The fourth-order valence-corrected chi connectivity index (χ4v) is 0.859. The zero-order valence-electron chi connectivity index (χ0n) is 14.3. The van der Waals surface area contributed by atoms with E-state index in [0.717, 1.165) is 18.2 Å². The molecular formula is C15H23LaO7. The van der Waals surface area contributed by atoms with Gasteiger partial charge < -0.3 is 20.8 Å². The summed E-state index contributed by atoms with van der Waals surface area (Å²) in [6.07, 6.45) is 3.17. The van der Waals surface area contributed by atoms with Gasteiger partial charge in [-0.25, -0.2) is 0 Å². The molecule has 0 aromatic carbocycles. The monoisotopic (exact) mass is 454 g/mol. The average molecular weight is 454 g/mol. The normalized spacial score (nSPS) is 10.4. The van der Waals surface area contributed by atoms with Gasteiger partial charge in [-0.2, -0.15) is 0 Å². The number of ketones is 3. The van der Waals surface area contributed by atoms with E-state index in [0.29, 0.717) is 0 Å². The van der Waals surface area contributed by atoms with Crippen LogP contribution in [-0.4, -0.2) is 22.8 Å². The van der Waals surface area contributed by atoms with Gasteiger partial charge in [0.1, 0.15) is 0 Å². The molecule has 128 valence electrons. The second kappa shape index (κ2) is 20.8. The summed E-state index contributed by atoms with van der Waals surface area (Å²) in [5, 5.41) is 29.9. The predicted octanol–water partition coefficient (Wildman–Crippen LogP) is -1.31. The van der Waals surface area contributed by atoms with Gasteiger partial charge in [-0.1, -0.05) is 20.8 Å². The molecule has 23 heavy (non-hydrogen) atoms. The first-order valence-electron chi connectivity index (χ1n) is 5.96. The van der Waals surface area contributed by atoms with Gasteiger partial charge in [0.15, 0.2) is 17.3 Å². The van der Waals surface area contributed by atoms with Crippen molar-refractivity contribution >= 4 is 17.3 Å². The van der Waals surface area contributed by atoms with Crippen molar-refractivity contribution < 1.29 is 70.8 Å². The largest absolute Gasteiger partial charge is 3.00 e. The van der Waals surface area contributed by atoms with Crippen molar-refractivity contribution in [3.63, 3.8) is 0 Å².